The van der Waals surface area contributed by atoms with E-state index in [4.69, 9.17) is 34.3 Å². The van der Waals surface area contributed by atoms with Crippen LogP contribution in [0.25, 0.3) is 22.3 Å². The topological polar surface area (TPSA) is 117 Å². The number of carbonyl (C=O) groups is 2. The zero-order chi connectivity index (χ0) is 95.5. The standard InChI is InChI=1S/2C37H40F4N4O2S/c1-4-43(5-2)21-22-44(25(3)27-11-13-28(14-12-27)29-15-17-30(18-16-29)37(39,40)41)34(46)23-45-33-8-6-7-32(33)35(47)42-36(45)48-24-26-9-19-31(38)20-10-26;1-4-43(5-2)19-20-44(22-26-9-13-28(14-10-26)29-15-18-32(25(3)21-29)37(39,40)41)34(46)23-45-33-8-6-7-31(33)35(47)42-36(45)48-24-27-11-16-30(38)17-12-27/h9-20,25H,4-8,21-24H2,1-3H3;9-18,21H,4-8,19-20,22-24H2,1-3H3/i24D2,25D;4D2,5D2,6D2,7D2,8D2,9D,10D,11D,12D,13D,14D,15D,16D,17D,18D,19D2,20D2,21D,22D2. The number of rotatable bonds is 26. The number of hydrogen-bond acceptors (Lipinski definition) is 10. The average molecular weight is 1390 g/mol. The number of amides is 2. The number of halogens is 8. The van der Waals surface area contributed by atoms with Gasteiger partial charge in [-0.2, -0.15) is 36.3 Å². The van der Waals surface area contributed by atoms with E-state index in [-0.39, 0.29) is 40.1 Å². The maximum Gasteiger partial charge on any atom is 0.416 e. The van der Waals surface area contributed by atoms with E-state index in [1.165, 1.54) is 29.2 Å². The minimum Gasteiger partial charge on any atom is -0.336 e. The molecule has 0 saturated heterocycles. The van der Waals surface area contributed by atoms with Crippen LogP contribution in [0.2, 0.25) is 0 Å². The van der Waals surface area contributed by atoms with Crippen LogP contribution in [-0.4, -0.2) is 103 Å². The molecule has 2 aliphatic carbocycles. The second-order valence-corrected chi connectivity index (χ2v) is 22.6. The van der Waals surface area contributed by atoms with Gasteiger partial charge in [0.2, 0.25) is 11.8 Å². The van der Waals surface area contributed by atoms with Crippen molar-refractivity contribution in [1.82, 2.24) is 38.7 Å². The second-order valence-electron chi connectivity index (χ2n) is 20.9. The molecule has 8 aromatic rings. The molecule has 22 heteroatoms. The first kappa shape index (κ1) is 42.0. The van der Waals surface area contributed by atoms with Crippen molar-refractivity contribution in [3.8, 4) is 22.3 Å². The summed E-state index contributed by atoms with van der Waals surface area (Å²) < 4.78 is 371. The van der Waals surface area contributed by atoms with E-state index < -0.39 is 254 Å². The summed E-state index contributed by atoms with van der Waals surface area (Å²) in [6.45, 7) is -13.1. The lowest BCUT2D eigenvalue weighted by Crippen LogP contribution is -2.42. The lowest BCUT2D eigenvalue weighted by atomic mass is 9.98. The summed E-state index contributed by atoms with van der Waals surface area (Å²) in [6.07, 6.45) is -19.4. The molecule has 96 heavy (non-hydrogen) atoms. The molecule has 0 aliphatic heterocycles. The zero-order valence-electron chi connectivity index (χ0n) is 82.1. The molecule has 1 atom stereocenters. The van der Waals surface area contributed by atoms with Gasteiger partial charge in [0.25, 0.3) is 11.1 Å². The maximum absolute atomic E-state index is 15.3. The Hall–Kier alpha value is -7.92. The Morgan fingerprint density at radius 1 is 0.635 bits per heavy atom. The Morgan fingerprint density at radius 2 is 1.23 bits per heavy atom. The molecule has 0 bridgehead atoms. The van der Waals surface area contributed by atoms with Crippen molar-refractivity contribution in [2.45, 2.75) is 140 Å². The van der Waals surface area contributed by atoms with Gasteiger partial charge in [0.15, 0.2) is 10.3 Å². The van der Waals surface area contributed by atoms with E-state index in [1.54, 1.807) is 35.8 Å². The summed E-state index contributed by atoms with van der Waals surface area (Å²) in [4.78, 5) is 66.6. The molecule has 0 fully saturated rings. The highest BCUT2D eigenvalue weighted by Crippen LogP contribution is 2.36. The van der Waals surface area contributed by atoms with Gasteiger partial charge in [-0.15, -0.1) is 0 Å². The maximum atomic E-state index is 15.3. The number of benzene rings is 6. The van der Waals surface area contributed by atoms with Crippen LogP contribution in [0.5, 0.6) is 0 Å². The molecule has 2 aliphatic rings. The van der Waals surface area contributed by atoms with E-state index >= 15 is 4.79 Å². The summed E-state index contributed by atoms with van der Waals surface area (Å²) >= 11 is 0.756. The normalized spacial score (nSPS) is 20.5. The van der Waals surface area contributed by atoms with Crippen LogP contribution >= 0.6 is 23.5 Å². The predicted molar refractivity (Wildman–Crippen MR) is 363 cm³/mol. The van der Waals surface area contributed by atoms with Gasteiger partial charge in [-0.3, -0.25) is 19.2 Å². The monoisotopic (exact) mass is 1390 g/mol. The van der Waals surface area contributed by atoms with Crippen molar-refractivity contribution < 1.29 is 85.8 Å². The summed E-state index contributed by atoms with van der Waals surface area (Å²) in [5.41, 5.74) is -12.6. The highest BCUT2D eigenvalue weighted by atomic mass is 32.2. The molecule has 10 rings (SSSR count). The van der Waals surface area contributed by atoms with Gasteiger partial charge in [-0.1, -0.05) is 148 Å². The molecule has 2 aromatic heterocycles. The molecule has 508 valence electrons. The van der Waals surface area contributed by atoms with Crippen LogP contribution < -0.4 is 11.1 Å². The van der Waals surface area contributed by atoms with E-state index in [0.29, 0.717) is 86.3 Å². The van der Waals surface area contributed by atoms with E-state index in [0.717, 1.165) is 37.4 Å². The summed E-state index contributed by atoms with van der Waals surface area (Å²) in [5.74, 6) is -5.82. The number of thioether (sulfide) groups is 2. The highest BCUT2D eigenvalue weighted by molar-refractivity contribution is 7.98. The molecule has 0 saturated carbocycles. The van der Waals surface area contributed by atoms with Crippen molar-refractivity contribution in [2.24, 2.45) is 0 Å². The first-order valence-corrected chi connectivity index (χ1v) is 31.2. The second kappa shape index (κ2) is 32.9. The van der Waals surface area contributed by atoms with Crippen molar-refractivity contribution in [2.75, 3.05) is 52.2 Å². The van der Waals surface area contributed by atoms with Crippen LogP contribution in [-0.2, 0) is 78.6 Å². The minimum atomic E-state index is -5.34. The summed E-state index contributed by atoms with van der Waals surface area (Å²) in [7, 11) is 0. The molecule has 0 N–H and O–H groups in total. The number of alkyl halides is 6. The Kier molecular flexibility index (Phi) is 14.4. The van der Waals surface area contributed by atoms with Gasteiger partial charge in [-0.05, 0) is 171 Å². The van der Waals surface area contributed by atoms with Gasteiger partial charge in [0.1, 0.15) is 24.7 Å². The van der Waals surface area contributed by atoms with Crippen molar-refractivity contribution in [3.05, 3.63) is 233 Å². The molecular formula is C74H80F8N8O4S2. The predicted octanol–water partition coefficient (Wildman–Crippen LogP) is 15.3. The van der Waals surface area contributed by atoms with Gasteiger partial charge in [0, 0.05) is 85.7 Å². The third kappa shape index (κ3) is 18.6. The number of carbonyl (C=O) groups excluding carboxylic acids is 2. The van der Waals surface area contributed by atoms with Gasteiger partial charge < -0.3 is 28.7 Å². The SMILES string of the molecule is [2H]C([2H])(Sc1nc(=O)c2c(n1CC(=O)N(CCN(CC)CC)C([2H])(C)c1ccc(-c3ccc(C(F)(F)F)cc3)cc1)CCC2)c1ccc(F)cc1.[2H]c1c([2H])c(CSc2nc(=O)c3c(n2CC(=O)N(C([2H])([2H])c2c([2H])c([2H])c(-c4c([2H])c([2H])c(C(F)(F)F)c(C)c4[2H])c([2H])c2[2H])C([2H])([2H])C([2H])([2H])N(C([2H])([2H])C)C([2H])([2H])C)C([2H])([2H])C([2H])([2H])C3([2H])[2H])c([2H])c([2H])c1F. The number of aromatic nitrogens is 4. The average Bonchev–Trinajstić information content (AvgIpc) is 1.52. The molecule has 0 radical (unpaired) electrons. The van der Waals surface area contributed by atoms with E-state index in [1.807, 2.05) is 13.8 Å². The fourth-order valence-corrected chi connectivity index (χ4v) is 11.4. The van der Waals surface area contributed by atoms with Crippen molar-refractivity contribution in [1.29, 1.82) is 0 Å². The van der Waals surface area contributed by atoms with Crippen molar-refractivity contribution >= 4 is 35.3 Å². The van der Waals surface area contributed by atoms with Crippen LogP contribution in [0.1, 0.15) is 156 Å². The van der Waals surface area contributed by atoms with Crippen LogP contribution in [0, 0.1) is 18.6 Å². The Labute approximate surface area is 605 Å². The highest BCUT2D eigenvalue weighted by Gasteiger charge is 2.34. The number of nitrogens with zero attached hydrogens (tertiary/aromatic N) is 8. The largest absolute Gasteiger partial charge is 0.416 e. The number of hydrogen-bond donors (Lipinski definition) is 0. The van der Waals surface area contributed by atoms with Crippen LogP contribution in [0.4, 0.5) is 35.1 Å². The number of likely N-dealkylation sites (N-methyl/N-ethyl adjacent to an activating group) is 2. The molecule has 0 spiro atoms. The lowest BCUT2D eigenvalue weighted by molar-refractivity contribution is -0.138. The molecule has 6 aromatic carbocycles. The third-order valence-corrected chi connectivity index (χ3v) is 16.7. The Bertz CT molecular complexity index is 5600. The minimum absolute atomic E-state index is 0.0135. The quantitative estimate of drug-likeness (QED) is 0.0295. The number of fused-ring (bicyclic) bond motifs is 2. The van der Waals surface area contributed by atoms with Crippen LogP contribution in [0.3, 0.4) is 0 Å². The van der Waals surface area contributed by atoms with Gasteiger partial charge >= 0.3 is 12.4 Å². The zero-order valence-corrected chi connectivity index (χ0v) is 53.7. The fourth-order valence-electron chi connectivity index (χ4n) is 9.76. The van der Waals surface area contributed by atoms with Crippen molar-refractivity contribution in [3.63, 3.8) is 0 Å². The Balaban J connectivity index is 0.000000306. The first-order valence-electron chi connectivity index (χ1n) is 44.4. The first-order chi connectivity index (χ1) is 57.5. The molecule has 1 unspecified atom stereocenters. The van der Waals surface area contributed by atoms with Crippen LogP contribution in [0.15, 0.2) is 159 Å². The fraction of sp³-hybridized carbons (Fsp3) is 0.378. The Morgan fingerprint density at radius 3 is 1.85 bits per heavy atom. The van der Waals surface area contributed by atoms with E-state index in [9.17, 15) is 56.4 Å². The molecular weight excluding hydrogens is 1280 g/mol. The van der Waals surface area contributed by atoms with E-state index in [2.05, 4.69) is 14.9 Å². The van der Waals surface area contributed by atoms with Gasteiger partial charge in [-0.25, -0.2) is 8.78 Å². The summed E-state index contributed by atoms with van der Waals surface area (Å²) in [6, 6.07) is -0.276. The third-order valence-electron chi connectivity index (χ3n) is 14.8. The molecule has 12 nitrogen and oxygen atoms in total. The summed E-state index contributed by atoms with van der Waals surface area (Å²) in [5, 5.41) is -1.06. The lowest BCUT2D eigenvalue weighted by Gasteiger charge is -2.33. The van der Waals surface area contributed by atoms with Gasteiger partial charge in [0.05, 0.1) is 39.1 Å². The molecule has 2 heterocycles. The smallest absolute Gasteiger partial charge is 0.336 e. The molecule has 2 amide bonds.